The van der Waals surface area contributed by atoms with Crippen LogP contribution >= 0.6 is 0 Å². The van der Waals surface area contributed by atoms with Gasteiger partial charge in [-0.15, -0.1) is 0 Å². The van der Waals surface area contributed by atoms with Gasteiger partial charge in [0.1, 0.15) is 5.52 Å². The predicted molar refractivity (Wildman–Crippen MR) is 50.4 cm³/mol. The van der Waals surface area contributed by atoms with Crippen molar-refractivity contribution in [1.82, 2.24) is 15.0 Å². The van der Waals surface area contributed by atoms with Crippen LogP contribution in [-0.4, -0.2) is 33.1 Å². The van der Waals surface area contributed by atoms with E-state index in [9.17, 15) is 4.79 Å². The molecule has 6 heteroatoms. The quantitative estimate of drug-likeness (QED) is 0.651. The number of carboxylic acids is 1. The number of nitrogens with one attached hydrogen (secondary N) is 2. The Morgan fingerprint density at radius 3 is 3.07 bits per heavy atom. The molecule has 0 saturated heterocycles. The van der Waals surface area contributed by atoms with E-state index in [0.29, 0.717) is 11.2 Å². The summed E-state index contributed by atoms with van der Waals surface area (Å²) in [6, 6.07) is 1.74. The highest BCUT2D eigenvalue weighted by Gasteiger charge is 2.11. The van der Waals surface area contributed by atoms with Crippen LogP contribution in [0.15, 0.2) is 12.3 Å². The van der Waals surface area contributed by atoms with Gasteiger partial charge in [0.05, 0.1) is 5.69 Å². The van der Waals surface area contributed by atoms with Crippen molar-refractivity contribution >= 4 is 22.8 Å². The summed E-state index contributed by atoms with van der Waals surface area (Å²) >= 11 is 0. The van der Waals surface area contributed by atoms with E-state index < -0.39 is 5.97 Å². The number of carboxylic acid groups (broad SMARTS) is 1. The van der Waals surface area contributed by atoms with Crippen molar-refractivity contribution in [2.75, 3.05) is 12.4 Å². The standard InChI is InChI=1S/C8H8N4O2/c1-9-4-2-3-10-6-5(4)11-7(12-6)8(13)14/h2-3H,1H3,(H,13,14)(H2,9,10,11,12). The second-order valence-electron chi connectivity index (χ2n) is 2.70. The molecule has 2 rings (SSSR count). The normalized spacial score (nSPS) is 10.4. The van der Waals surface area contributed by atoms with Gasteiger partial charge in [-0.2, -0.15) is 0 Å². The van der Waals surface area contributed by atoms with Crippen molar-refractivity contribution in [1.29, 1.82) is 0 Å². The summed E-state index contributed by atoms with van der Waals surface area (Å²) in [5, 5.41) is 11.6. The number of fused-ring (bicyclic) bond motifs is 1. The van der Waals surface area contributed by atoms with Gasteiger partial charge in [0.15, 0.2) is 5.65 Å². The van der Waals surface area contributed by atoms with Crippen LogP contribution in [0.3, 0.4) is 0 Å². The lowest BCUT2D eigenvalue weighted by atomic mass is 10.4. The molecular weight excluding hydrogens is 184 g/mol. The summed E-state index contributed by atoms with van der Waals surface area (Å²) in [5.41, 5.74) is 1.77. The molecule has 0 aliphatic rings. The van der Waals surface area contributed by atoms with Crippen LogP contribution in [0.5, 0.6) is 0 Å². The number of aromatic nitrogens is 3. The molecule has 2 heterocycles. The molecule has 0 saturated carbocycles. The molecule has 2 aromatic rings. The summed E-state index contributed by atoms with van der Waals surface area (Å²) in [5.74, 6) is -1.19. The average molecular weight is 192 g/mol. The Labute approximate surface area is 79.0 Å². The van der Waals surface area contributed by atoms with Gasteiger partial charge in [-0.05, 0) is 6.07 Å². The highest BCUT2D eigenvalue weighted by Crippen LogP contribution is 2.18. The molecule has 14 heavy (non-hydrogen) atoms. The zero-order valence-corrected chi connectivity index (χ0v) is 7.40. The van der Waals surface area contributed by atoms with Gasteiger partial charge in [0.25, 0.3) is 0 Å². The molecule has 72 valence electrons. The number of H-pyrrole nitrogens is 1. The number of anilines is 1. The molecule has 3 N–H and O–H groups in total. The number of pyridine rings is 1. The molecule has 2 aromatic heterocycles. The van der Waals surface area contributed by atoms with Crippen LogP contribution in [0.1, 0.15) is 10.6 Å². The van der Waals surface area contributed by atoms with Crippen LogP contribution < -0.4 is 5.32 Å². The Morgan fingerprint density at radius 2 is 2.43 bits per heavy atom. The largest absolute Gasteiger partial charge is 0.475 e. The van der Waals surface area contributed by atoms with Gasteiger partial charge in [0.2, 0.25) is 5.82 Å². The molecule has 6 nitrogen and oxygen atoms in total. The molecule has 0 aliphatic carbocycles. The Morgan fingerprint density at radius 1 is 1.64 bits per heavy atom. The van der Waals surface area contributed by atoms with Crippen molar-refractivity contribution in [3.63, 3.8) is 0 Å². The first-order chi connectivity index (χ1) is 6.72. The highest BCUT2D eigenvalue weighted by atomic mass is 16.4. The van der Waals surface area contributed by atoms with E-state index in [0.717, 1.165) is 5.69 Å². The number of hydrogen-bond donors (Lipinski definition) is 3. The smallest absolute Gasteiger partial charge is 0.371 e. The third-order valence-electron chi connectivity index (χ3n) is 1.86. The molecule has 0 bridgehead atoms. The number of imidazole rings is 1. The van der Waals surface area contributed by atoms with Gasteiger partial charge in [0, 0.05) is 13.2 Å². The van der Waals surface area contributed by atoms with E-state index in [-0.39, 0.29) is 5.82 Å². The number of rotatable bonds is 2. The first-order valence-corrected chi connectivity index (χ1v) is 3.98. The second kappa shape index (κ2) is 2.99. The second-order valence-corrected chi connectivity index (χ2v) is 2.70. The fourth-order valence-corrected chi connectivity index (χ4v) is 1.22. The van der Waals surface area contributed by atoms with E-state index in [2.05, 4.69) is 20.3 Å². The Bertz CT molecular complexity index is 491. The third kappa shape index (κ3) is 1.17. The van der Waals surface area contributed by atoms with Gasteiger partial charge in [-0.3, -0.25) is 0 Å². The van der Waals surface area contributed by atoms with Crippen LogP contribution in [0, 0.1) is 0 Å². The molecular formula is C8H8N4O2. The van der Waals surface area contributed by atoms with Gasteiger partial charge in [-0.1, -0.05) is 0 Å². The van der Waals surface area contributed by atoms with Crippen molar-refractivity contribution in [3.05, 3.63) is 18.1 Å². The van der Waals surface area contributed by atoms with Gasteiger partial charge >= 0.3 is 5.97 Å². The minimum absolute atomic E-state index is 0.102. The van der Waals surface area contributed by atoms with Crippen LogP contribution in [-0.2, 0) is 0 Å². The molecule has 0 aromatic carbocycles. The maximum Gasteiger partial charge on any atom is 0.371 e. The Kier molecular flexibility index (Phi) is 1.81. The highest BCUT2D eigenvalue weighted by molar-refractivity contribution is 5.92. The first-order valence-electron chi connectivity index (χ1n) is 3.98. The molecule has 0 atom stereocenters. The number of nitrogens with zero attached hydrogens (tertiary/aromatic N) is 2. The maximum atomic E-state index is 10.6. The van der Waals surface area contributed by atoms with E-state index >= 15 is 0 Å². The summed E-state index contributed by atoms with van der Waals surface area (Å²) in [7, 11) is 1.75. The molecule has 0 spiro atoms. The molecule has 0 aliphatic heterocycles. The fraction of sp³-hybridized carbons (Fsp3) is 0.125. The van der Waals surface area contributed by atoms with E-state index in [4.69, 9.17) is 5.11 Å². The van der Waals surface area contributed by atoms with Crippen molar-refractivity contribution in [3.8, 4) is 0 Å². The van der Waals surface area contributed by atoms with Crippen molar-refractivity contribution in [2.24, 2.45) is 0 Å². The summed E-state index contributed by atoms with van der Waals surface area (Å²) in [6.45, 7) is 0. The zero-order valence-electron chi connectivity index (χ0n) is 7.40. The van der Waals surface area contributed by atoms with E-state index in [1.807, 2.05) is 0 Å². The van der Waals surface area contributed by atoms with Gasteiger partial charge < -0.3 is 15.4 Å². The summed E-state index contributed by atoms with van der Waals surface area (Å²) in [6.07, 6.45) is 1.57. The topological polar surface area (TPSA) is 90.9 Å². The number of hydrogen-bond acceptors (Lipinski definition) is 4. The van der Waals surface area contributed by atoms with Crippen molar-refractivity contribution in [2.45, 2.75) is 0 Å². The van der Waals surface area contributed by atoms with Crippen LogP contribution in [0.4, 0.5) is 5.69 Å². The lowest BCUT2D eigenvalue weighted by molar-refractivity contribution is 0.0685. The zero-order chi connectivity index (χ0) is 10.1. The lowest BCUT2D eigenvalue weighted by Gasteiger charge is -1.98. The van der Waals surface area contributed by atoms with Crippen molar-refractivity contribution < 1.29 is 9.90 Å². The average Bonchev–Trinajstić information content (AvgIpc) is 2.60. The van der Waals surface area contributed by atoms with E-state index in [1.54, 1.807) is 19.3 Å². The SMILES string of the molecule is CNc1ccnc2nc(C(=O)O)[nH]c12. The molecule has 0 fully saturated rings. The number of aromatic amines is 1. The number of carbonyl (C=O) groups is 1. The lowest BCUT2D eigenvalue weighted by Crippen LogP contribution is -1.98. The summed E-state index contributed by atoms with van der Waals surface area (Å²) in [4.78, 5) is 21.1. The summed E-state index contributed by atoms with van der Waals surface area (Å²) < 4.78 is 0. The predicted octanol–water partition coefficient (Wildman–Crippen LogP) is 0.698. The molecule has 0 radical (unpaired) electrons. The maximum absolute atomic E-state index is 10.6. The Hall–Kier alpha value is -2.11. The fourth-order valence-electron chi connectivity index (χ4n) is 1.22. The molecule has 0 amide bonds. The van der Waals surface area contributed by atoms with Crippen LogP contribution in [0.25, 0.3) is 11.2 Å². The van der Waals surface area contributed by atoms with E-state index in [1.165, 1.54) is 0 Å². The monoisotopic (exact) mass is 192 g/mol. The Balaban J connectivity index is 2.70. The molecule has 0 unspecified atom stereocenters. The van der Waals surface area contributed by atoms with Crippen LogP contribution in [0.2, 0.25) is 0 Å². The third-order valence-corrected chi connectivity index (χ3v) is 1.86. The first kappa shape index (κ1) is 8.49. The minimum Gasteiger partial charge on any atom is -0.475 e. The van der Waals surface area contributed by atoms with Gasteiger partial charge in [-0.25, -0.2) is 14.8 Å². The number of aromatic carboxylic acids is 1. The minimum atomic E-state index is -1.09.